The standard InChI is InChI=1S/C17H19BrN2O3S/c1-10(2)13-5-4-12(8-11(13)3)23-9-16(21)19-20-17(22)14-6-7-15(18)24-14/h4-8,10H,9H2,1-3H3,(H,19,21)(H,20,22). The van der Waals surface area contributed by atoms with Gasteiger partial charge in [-0.2, -0.15) is 0 Å². The van der Waals surface area contributed by atoms with Gasteiger partial charge >= 0.3 is 0 Å². The number of halogens is 1. The van der Waals surface area contributed by atoms with Crippen molar-refractivity contribution in [3.05, 3.63) is 50.1 Å². The van der Waals surface area contributed by atoms with Crippen LogP contribution in [0, 0.1) is 6.92 Å². The predicted octanol–water partition coefficient (Wildman–Crippen LogP) is 3.78. The molecular formula is C17H19BrN2O3S. The van der Waals surface area contributed by atoms with Gasteiger partial charge < -0.3 is 4.74 Å². The molecule has 7 heteroatoms. The molecule has 2 rings (SSSR count). The molecule has 128 valence electrons. The Kier molecular flexibility index (Phi) is 6.39. The highest BCUT2D eigenvalue weighted by molar-refractivity contribution is 9.11. The molecule has 1 heterocycles. The molecule has 0 aliphatic heterocycles. The molecule has 2 aromatic rings. The van der Waals surface area contributed by atoms with E-state index in [0.29, 0.717) is 16.5 Å². The van der Waals surface area contributed by atoms with Gasteiger partial charge in [0.2, 0.25) is 0 Å². The topological polar surface area (TPSA) is 67.4 Å². The van der Waals surface area contributed by atoms with Crippen molar-refractivity contribution in [3.63, 3.8) is 0 Å². The van der Waals surface area contributed by atoms with E-state index in [1.54, 1.807) is 12.1 Å². The van der Waals surface area contributed by atoms with Crippen LogP contribution in [0.5, 0.6) is 5.75 Å². The summed E-state index contributed by atoms with van der Waals surface area (Å²) in [7, 11) is 0. The van der Waals surface area contributed by atoms with Crippen LogP contribution in [-0.2, 0) is 4.79 Å². The Morgan fingerprint density at radius 2 is 1.96 bits per heavy atom. The first-order valence-electron chi connectivity index (χ1n) is 7.44. The second-order valence-corrected chi connectivity index (χ2v) is 8.03. The fourth-order valence-corrected chi connectivity index (χ4v) is 3.48. The minimum absolute atomic E-state index is 0.172. The second kappa shape index (κ2) is 8.30. The Labute approximate surface area is 153 Å². The SMILES string of the molecule is Cc1cc(OCC(=O)NNC(=O)c2ccc(Br)s2)ccc1C(C)C. The smallest absolute Gasteiger partial charge is 0.279 e. The van der Waals surface area contributed by atoms with Gasteiger partial charge in [-0.15, -0.1) is 11.3 Å². The quantitative estimate of drug-likeness (QED) is 0.736. The van der Waals surface area contributed by atoms with Crippen LogP contribution in [0.1, 0.15) is 40.6 Å². The van der Waals surface area contributed by atoms with E-state index in [1.165, 1.54) is 16.9 Å². The molecule has 1 aromatic heterocycles. The Morgan fingerprint density at radius 3 is 2.54 bits per heavy atom. The second-order valence-electron chi connectivity index (χ2n) is 5.57. The van der Waals surface area contributed by atoms with Crippen LogP contribution in [0.15, 0.2) is 34.1 Å². The average Bonchev–Trinajstić information content (AvgIpc) is 2.97. The van der Waals surface area contributed by atoms with Crippen LogP contribution in [0.2, 0.25) is 0 Å². The van der Waals surface area contributed by atoms with E-state index < -0.39 is 5.91 Å². The zero-order valence-corrected chi connectivity index (χ0v) is 16.1. The first kappa shape index (κ1) is 18.5. The highest BCUT2D eigenvalue weighted by atomic mass is 79.9. The minimum Gasteiger partial charge on any atom is -0.484 e. The van der Waals surface area contributed by atoms with E-state index in [1.807, 2.05) is 25.1 Å². The Balaban J connectivity index is 1.81. The number of hydrazine groups is 1. The summed E-state index contributed by atoms with van der Waals surface area (Å²) >= 11 is 4.57. The normalized spacial score (nSPS) is 10.5. The maximum atomic E-state index is 11.8. The Morgan fingerprint density at radius 1 is 1.21 bits per heavy atom. The van der Waals surface area contributed by atoms with Gasteiger partial charge in [0.05, 0.1) is 8.66 Å². The lowest BCUT2D eigenvalue weighted by Crippen LogP contribution is -2.43. The summed E-state index contributed by atoms with van der Waals surface area (Å²) in [6.45, 7) is 6.10. The molecule has 2 N–H and O–H groups in total. The van der Waals surface area contributed by atoms with E-state index in [2.05, 4.69) is 40.6 Å². The molecule has 0 saturated heterocycles. The first-order valence-corrected chi connectivity index (χ1v) is 9.05. The number of rotatable bonds is 5. The number of hydrogen-bond donors (Lipinski definition) is 2. The van der Waals surface area contributed by atoms with Crippen LogP contribution >= 0.6 is 27.3 Å². The number of thiophene rings is 1. The van der Waals surface area contributed by atoms with Crippen LogP contribution in [0.3, 0.4) is 0 Å². The van der Waals surface area contributed by atoms with Gasteiger partial charge in [0.25, 0.3) is 11.8 Å². The molecule has 1 aromatic carbocycles. The highest BCUT2D eigenvalue weighted by Crippen LogP contribution is 2.23. The van der Waals surface area contributed by atoms with Crippen LogP contribution in [0.4, 0.5) is 0 Å². The van der Waals surface area contributed by atoms with Gasteiger partial charge in [-0.3, -0.25) is 20.4 Å². The van der Waals surface area contributed by atoms with Crippen LogP contribution < -0.4 is 15.6 Å². The maximum absolute atomic E-state index is 11.8. The lowest BCUT2D eigenvalue weighted by atomic mass is 9.98. The van der Waals surface area contributed by atoms with Crippen molar-refractivity contribution in [2.45, 2.75) is 26.7 Å². The van der Waals surface area contributed by atoms with Gasteiger partial charge in [-0.25, -0.2) is 0 Å². The molecule has 2 amide bonds. The Hall–Kier alpha value is -1.86. The van der Waals surface area contributed by atoms with Crippen molar-refractivity contribution in [1.82, 2.24) is 10.9 Å². The van der Waals surface area contributed by atoms with Gasteiger partial charge in [-0.05, 0) is 64.2 Å². The zero-order chi connectivity index (χ0) is 17.7. The molecule has 5 nitrogen and oxygen atoms in total. The van der Waals surface area contributed by atoms with Gasteiger partial charge in [-0.1, -0.05) is 19.9 Å². The van der Waals surface area contributed by atoms with Crippen molar-refractivity contribution in [2.24, 2.45) is 0 Å². The van der Waals surface area contributed by atoms with Gasteiger partial charge in [0, 0.05) is 0 Å². The molecule has 0 aliphatic carbocycles. The number of carbonyl (C=O) groups excluding carboxylic acids is 2. The number of aryl methyl sites for hydroxylation is 1. The molecule has 0 fully saturated rings. The van der Waals surface area contributed by atoms with Crippen molar-refractivity contribution in [2.75, 3.05) is 6.61 Å². The summed E-state index contributed by atoms with van der Waals surface area (Å²) in [6, 6.07) is 9.20. The molecule has 0 atom stereocenters. The summed E-state index contributed by atoms with van der Waals surface area (Å²) < 4.78 is 6.31. The van der Waals surface area contributed by atoms with Crippen molar-refractivity contribution in [1.29, 1.82) is 0 Å². The van der Waals surface area contributed by atoms with Crippen molar-refractivity contribution in [3.8, 4) is 5.75 Å². The number of ether oxygens (including phenoxy) is 1. The number of nitrogens with one attached hydrogen (secondary N) is 2. The van der Waals surface area contributed by atoms with E-state index in [4.69, 9.17) is 4.74 Å². The average molecular weight is 411 g/mol. The molecule has 0 unspecified atom stereocenters. The summed E-state index contributed by atoms with van der Waals surface area (Å²) in [5.74, 6) is 0.274. The summed E-state index contributed by atoms with van der Waals surface area (Å²) in [5, 5.41) is 0. The first-order chi connectivity index (χ1) is 11.4. The molecular weight excluding hydrogens is 392 g/mol. The zero-order valence-electron chi connectivity index (χ0n) is 13.7. The van der Waals surface area contributed by atoms with E-state index in [0.717, 1.165) is 9.35 Å². The number of hydrogen-bond acceptors (Lipinski definition) is 4. The van der Waals surface area contributed by atoms with E-state index >= 15 is 0 Å². The third-order valence-electron chi connectivity index (χ3n) is 3.35. The van der Waals surface area contributed by atoms with Gasteiger partial charge in [0.15, 0.2) is 6.61 Å². The third-order valence-corrected chi connectivity index (χ3v) is 4.97. The molecule has 0 spiro atoms. The molecule has 0 bridgehead atoms. The van der Waals surface area contributed by atoms with E-state index in [9.17, 15) is 9.59 Å². The largest absolute Gasteiger partial charge is 0.484 e. The molecule has 0 aliphatic rings. The summed E-state index contributed by atoms with van der Waals surface area (Å²) in [6.07, 6.45) is 0. The third kappa shape index (κ3) is 5.07. The lowest BCUT2D eigenvalue weighted by Gasteiger charge is -2.12. The number of carbonyl (C=O) groups is 2. The summed E-state index contributed by atoms with van der Waals surface area (Å²) in [4.78, 5) is 24.1. The monoisotopic (exact) mass is 410 g/mol. The van der Waals surface area contributed by atoms with Crippen molar-refractivity contribution < 1.29 is 14.3 Å². The number of benzene rings is 1. The Bertz CT molecular complexity index is 743. The molecule has 24 heavy (non-hydrogen) atoms. The minimum atomic E-state index is -0.426. The number of amides is 2. The fourth-order valence-electron chi connectivity index (χ4n) is 2.20. The van der Waals surface area contributed by atoms with Crippen LogP contribution in [-0.4, -0.2) is 18.4 Å². The van der Waals surface area contributed by atoms with Gasteiger partial charge in [0.1, 0.15) is 5.75 Å². The van der Waals surface area contributed by atoms with E-state index in [-0.39, 0.29) is 12.5 Å². The predicted molar refractivity (Wildman–Crippen MR) is 98.4 cm³/mol. The maximum Gasteiger partial charge on any atom is 0.279 e. The summed E-state index contributed by atoms with van der Waals surface area (Å²) in [5.41, 5.74) is 7.06. The van der Waals surface area contributed by atoms with Crippen molar-refractivity contribution >= 4 is 39.1 Å². The van der Waals surface area contributed by atoms with Crippen LogP contribution in [0.25, 0.3) is 0 Å². The molecule has 0 saturated carbocycles. The highest BCUT2D eigenvalue weighted by Gasteiger charge is 2.10. The molecule has 0 radical (unpaired) electrons. The lowest BCUT2D eigenvalue weighted by molar-refractivity contribution is -0.123. The fraction of sp³-hybridized carbons (Fsp3) is 0.294.